The van der Waals surface area contributed by atoms with Gasteiger partial charge in [-0.15, -0.1) is 0 Å². The summed E-state index contributed by atoms with van der Waals surface area (Å²) in [6, 6.07) is 19.9. The van der Waals surface area contributed by atoms with E-state index in [9.17, 15) is 9.59 Å². The Morgan fingerprint density at radius 2 is 1.44 bits per heavy atom. The molecule has 0 fully saturated rings. The predicted molar refractivity (Wildman–Crippen MR) is 104 cm³/mol. The van der Waals surface area contributed by atoms with Crippen molar-refractivity contribution >= 4 is 11.7 Å². The molecule has 0 spiro atoms. The van der Waals surface area contributed by atoms with E-state index < -0.39 is 0 Å². The molecule has 0 aromatic heterocycles. The molecule has 3 nitrogen and oxygen atoms in total. The lowest BCUT2D eigenvalue weighted by Gasteiger charge is -2.15. The topological polar surface area (TPSA) is 46.2 Å². The Labute approximate surface area is 151 Å². The molecular formula is C22H29NO2. The first-order valence-electron chi connectivity index (χ1n) is 8.84. The number of nitrogens with one attached hydrogen (secondary N) is 1. The zero-order valence-electron chi connectivity index (χ0n) is 15.7. The summed E-state index contributed by atoms with van der Waals surface area (Å²) in [6.45, 7) is 7.47. The second kappa shape index (κ2) is 11.2. The van der Waals surface area contributed by atoms with E-state index >= 15 is 0 Å². The maximum atomic E-state index is 11.3. The lowest BCUT2D eigenvalue weighted by molar-refractivity contribution is -0.119. The number of carbonyl (C=O) groups is 2. The van der Waals surface area contributed by atoms with Crippen LogP contribution in [0.15, 0.2) is 60.7 Å². The first-order valence-corrected chi connectivity index (χ1v) is 8.84. The summed E-state index contributed by atoms with van der Waals surface area (Å²) < 4.78 is 0. The number of benzene rings is 2. The summed E-state index contributed by atoms with van der Waals surface area (Å²) in [5.41, 5.74) is 2.08. The number of ketones is 1. The fourth-order valence-corrected chi connectivity index (χ4v) is 2.42. The quantitative estimate of drug-likeness (QED) is 0.777. The number of hydrogen-bond acceptors (Lipinski definition) is 2. The van der Waals surface area contributed by atoms with Crippen LogP contribution in [0.5, 0.6) is 0 Å². The van der Waals surface area contributed by atoms with Gasteiger partial charge in [-0.3, -0.25) is 9.59 Å². The lowest BCUT2D eigenvalue weighted by atomic mass is 10.0. The minimum absolute atomic E-state index is 0.0489. The number of carbonyl (C=O) groups excluding carboxylic acids is 2. The van der Waals surface area contributed by atoms with Crippen molar-refractivity contribution in [2.75, 3.05) is 0 Å². The van der Waals surface area contributed by atoms with Gasteiger partial charge < -0.3 is 5.32 Å². The summed E-state index contributed by atoms with van der Waals surface area (Å²) in [4.78, 5) is 22.2. The van der Waals surface area contributed by atoms with Gasteiger partial charge >= 0.3 is 0 Å². The van der Waals surface area contributed by atoms with Crippen LogP contribution in [-0.4, -0.2) is 17.7 Å². The van der Waals surface area contributed by atoms with Crippen molar-refractivity contribution in [3.63, 3.8) is 0 Å². The van der Waals surface area contributed by atoms with Crippen LogP contribution in [0.2, 0.25) is 0 Å². The maximum Gasteiger partial charge on any atom is 0.217 e. The Morgan fingerprint density at radius 3 is 1.88 bits per heavy atom. The molecule has 0 saturated heterocycles. The highest BCUT2D eigenvalue weighted by molar-refractivity contribution is 5.97. The van der Waals surface area contributed by atoms with Crippen molar-refractivity contribution < 1.29 is 9.59 Å². The van der Waals surface area contributed by atoms with Crippen molar-refractivity contribution in [2.45, 2.75) is 46.6 Å². The molecular weight excluding hydrogens is 310 g/mol. The van der Waals surface area contributed by atoms with Crippen molar-refractivity contribution in [1.29, 1.82) is 0 Å². The van der Waals surface area contributed by atoms with Crippen LogP contribution in [0.4, 0.5) is 0 Å². The Morgan fingerprint density at radius 1 is 0.920 bits per heavy atom. The van der Waals surface area contributed by atoms with Crippen molar-refractivity contribution in [3.05, 3.63) is 71.8 Å². The second-order valence-corrected chi connectivity index (χ2v) is 6.38. The van der Waals surface area contributed by atoms with E-state index in [1.54, 1.807) is 6.92 Å². The number of amides is 1. The van der Waals surface area contributed by atoms with Crippen molar-refractivity contribution in [3.8, 4) is 0 Å². The SMILES string of the molecule is CC(C)C(=O)c1ccccc1.CCC(Cc1ccccc1)NC(C)=O. The van der Waals surface area contributed by atoms with E-state index in [1.807, 2.05) is 62.4 Å². The van der Waals surface area contributed by atoms with E-state index in [0.29, 0.717) is 0 Å². The minimum Gasteiger partial charge on any atom is -0.353 e. The molecule has 1 unspecified atom stereocenters. The van der Waals surface area contributed by atoms with Gasteiger partial charge in [0, 0.05) is 24.4 Å². The van der Waals surface area contributed by atoms with Crippen LogP contribution in [0.25, 0.3) is 0 Å². The predicted octanol–water partition coefficient (Wildman–Crippen LogP) is 4.67. The van der Waals surface area contributed by atoms with Gasteiger partial charge in [0.1, 0.15) is 0 Å². The number of hydrogen-bond donors (Lipinski definition) is 1. The highest BCUT2D eigenvalue weighted by Gasteiger charge is 2.08. The third-order valence-electron chi connectivity index (χ3n) is 3.81. The van der Waals surface area contributed by atoms with Gasteiger partial charge in [-0.25, -0.2) is 0 Å². The molecule has 25 heavy (non-hydrogen) atoms. The Balaban J connectivity index is 0.000000257. The van der Waals surface area contributed by atoms with Gasteiger partial charge in [0.05, 0.1) is 0 Å². The molecule has 2 aromatic carbocycles. The molecule has 0 bridgehead atoms. The summed E-state index contributed by atoms with van der Waals surface area (Å²) in [7, 11) is 0. The van der Waals surface area contributed by atoms with Gasteiger partial charge in [-0.2, -0.15) is 0 Å². The molecule has 0 radical (unpaired) electrons. The van der Waals surface area contributed by atoms with E-state index in [2.05, 4.69) is 24.4 Å². The molecule has 0 saturated carbocycles. The highest BCUT2D eigenvalue weighted by atomic mass is 16.1. The highest BCUT2D eigenvalue weighted by Crippen LogP contribution is 2.07. The smallest absolute Gasteiger partial charge is 0.217 e. The standard InChI is InChI=1S/C12H17NO.C10H12O/c1-3-12(13-10(2)14)9-11-7-5-4-6-8-11;1-8(2)10(11)9-6-4-3-5-7-9/h4-8,12H,3,9H2,1-2H3,(H,13,14);3-8H,1-2H3. The third kappa shape index (κ3) is 8.30. The monoisotopic (exact) mass is 339 g/mol. The van der Waals surface area contributed by atoms with Crippen LogP contribution in [0, 0.1) is 5.92 Å². The first kappa shape index (κ1) is 20.6. The molecule has 1 atom stereocenters. The Kier molecular flexibility index (Phi) is 9.23. The Hall–Kier alpha value is -2.42. The zero-order chi connectivity index (χ0) is 18.7. The van der Waals surface area contributed by atoms with Crippen molar-refractivity contribution in [2.24, 2.45) is 5.92 Å². The van der Waals surface area contributed by atoms with E-state index in [0.717, 1.165) is 18.4 Å². The molecule has 0 aliphatic carbocycles. The van der Waals surface area contributed by atoms with Gasteiger partial charge in [0.2, 0.25) is 5.91 Å². The summed E-state index contributed by atoms with van der Waals surface area (Å²) in [6.07, 6.45) is 1.88. The molecule has 1 amide bonds. The van der Waals surface area contributed by atoms with E-state index in [4.69, 9.17) is 0 Å². The number of Topliss-reactive ketones (excluding diaryl/α,β-unsaturated/α-hetero) is 1. The summed E-state index contributed by atoms with van der Waals surface area (Å²) >= 11 is 0. The van der Waals surface area contributed by atoms with Crippen LogP contribution < -0.4 is 5.32 Å². The normalized spacial score (nSPS) is 11.2. The molecule has 2 rings (SSSR count). The molecule has 3 heteroatoms. The summed E-state index contributed by atoms with van der Waals surface area (Å²) in [5.74, 6) is 0.357. The molecule has 2 aromatic rings. The van der Waals surface area contributed by atoms with Crippen LogP contribution >= 0.6 is 0 Å². The minimum atomic E-state index is 0.0489. The first-order chi connectivity index (χ1) is 11.9. The largest absolute Gasteiger partial charge is 0.353 e. The van der Waals surface area contributed by atoms with E-state index in [1.165, 1.54) is 5.56 Å². The fraction of sp³-hybridized carbons (Fsp3) is 0.364. The van der Waals surface area contributed by atoms with Crippen LogP contribution in [-0.2, 0) is 11.2 Å². The van der Waals surface area contributed by atoms with Gasteiger partial charge in [-0.1, -0.05) is 81.4 Å². The average Bonchev–Trinajstić information content (AvgIpc) is 2.62. The van der Waals surface area contributed by atoms with Crippen LogP contribution in [0.3, 0.4) is 0 Å². The van der Waals surface area contributed by atoms with Gasteiger partial charge in [0.15, 0.2) is 5.78 Å². The fourth-order valence-electron chi connectivity index (χ4n) is 2.42. The van der Waals surface area contributed by atoms with Gasteiger partial charge in [-0.05, 0) is 18.4 Å². The molecule has 0 heterocycles. The average molecular weight is 339 g/mol. The van der Waals surface area contributed by atoms with Crippen molar-refractivity contribution in [1.82, 2.24) is 5.32 Å². The molecule has 0 aliphatic heterocycles. The number of rotatable bonds is 6. The second-order valence-electron chi connectivity index (χ2n) is 6.38. The molecule has 1 N–H and O–H groups in total. The van der Waals surface area contributed by atoms with E-state index in [-0.39, 0.29) is 23.7 Å². The van der Waals surface area contributed by atoms with Crippen LogP contribution in [0.1, 0.15) is 50.0 Å². The Bertz CT molecular complexity index is 636. The third-order valence-corrected chi connectivity index (χ3v) is 3.81. The summed E-state index contributed by atoms with van der Waals surface area (Å²) in [5, 5.41) is 2.94. The zero-order valence-corrected chi connectivity index (χ0v) is 15.7. The molecule has 0 aliphatic rings. The molecule has 134 valence electrons. The van der Waals surface area contributed by atoms with Gasteiger partial charge in [0.25, 0.3) is 0 Å². The maximum absolute atomic E-state index is 11.3. The lowest BCUT2D eigenvalue weighted by Crippen LogP contribution is -2.34.